The minimum absolute atomic E-state index is 0. The SMILES string of the molecule is CC(C)(C)OC(=O)OC(=O)OC(C)(C)C.CC(C)(C)OC(=O)n1cc(C=O)c2cccnc21.CC(C)(C)OC(=O)n1cc(C=O)c2cccnc21.ClC(Cl)(Cl)Cl.Cn1cc(CCl)c2cccnc21.O=Cc1c[nH]c2ncccc12.O=P(Cl)(Cl)Cl.[2H]CC.[2H]CF.[B].[H-].[Na+].c1ccc(P(c2ccccc2)c2ccccc2)cc1.c1cnc2[nH]ccc2c1. The average Bonchev–Trinajstić information content (AvgIpc) is 1.69. The van der Waals surface area contributed by atoms with Crippen molar-refractivity contribution in [1.82, 2.24) is 48.6 Å². The first kappa shape index (κ1) is 104. The van der Waals surface area contributed by atoms with Crippen LogP contribution in [0.2, 0.25) is 0 Å². The van der Waals surface area contributed by atoms with Gasteiger partial charge >= 0.3 is 59.3 Å². The molecule has 0 saturated heterocycles. The maximum Gasteiger partial charge on any atom is 1.00 e. The van der Waals surface area contributed by atoms with Crippen LogP contribution in [-0.2, 0) is 41.2 Å². The summed E-state index contributed by atoms with van der Waals surface area (Å²) >= 11 is 38.9. The van der Waals surface area contributed by atoms with Gasteiger partial charge in [0, 0.05) is 128 Å². The van der Waals surface area contributed by atoms with Gasteiger partial charge in [-0.15, -0.1) is 11.6 Å². The summed E-state index contributed by atoms with van der Waals surface area (Å²) in [6.45, 7) is 23.0. The Morgan fingerprint density at radius 1 is 0.508 bits per heavy atom. The van der Waals surface area contributed by atoms with Crippen LogP contribution in [0.15, 0.2) is 220 Å². The molecule has 36 heteroatoms. The molecule has 0 fully saturated rings. The first-order valence-electron chi connectivity index (χ1n) is 35.9. The summed E-state index contributed by atoms with van der Waals surface area (Å²) in [5.41, 5.74) is 3.62. The second-order valence-corrected chi connectivity index (χ2v) is 39.6. The van der Waals surface area contributed by atoms with Crippen molar-refractivity contribution in [2.24, 2.45) is 7.05 Å². The van der Waals surface area contributed by atoms with Crippen LogP contribution in [0.1, 0.15) is 138 Å². The van der Waals surface area contributed by atoms with Gasteiger partial charge in [0.15, 0.2) is 18.9 Å². The normalized spacial score (nSPS) is 10.9. The molecule has 3 aromatic carbocycles. The fourth-order valence-electron chi connectivity index (χ4n) is 9.40. The number of aldehydes is 3. The summed E-state index contributed by atoms with van der Waals surface area (Å²) in [5.74, 6) is 0.545. The molecule has 625 valence electrons. The number of aromatic nitrogens is 10. The average molecular weight is 1830 g/mol. The smallest absolute Gasteiger partial charge is 1.00 e. The van der Waals surface area contributed by atoms with Crippen LogP contribution in [0.5, 0.6) is 0 Å². The molecule has 0 aliphatic carbocycles. The number of aromatic amines is 2. The molecule has 13 rings (SSSR count). The third-order valence-corrected chi connectivity index (χ3v) is 16.2. The summed E-state index contributed by atoms with van der Waals surface area (Å²) in [6, 6.07) is 52.8. The van der Waals surface area contributed by atoms with E-state index in [1.807, 2.05) is 66.5 Å². The molecule has 23 nitrogen and oxygen atoms in total. The van der Waals surface area contributed by atoms with Crippen LogP contribution < -0.4 is 45.5 Å². The first-order valence-corrected chi connectivity index (χ1v) is 42.3. The molecule has 10 aromatic heterocycles. The van der Waals surface area contributed by atoms with E-state index in [9.17, 15) is 42.5 Å². The van der Waals surface area contributed by atoms with Crippen LogP contribution >= 0.6 is 105 Å². The van der Waals surface area contributed by atoms with Gasteiger partial charge in [0.05, 0.1) is 8.52 Å². The molecule has 0 aliphatic rings. The number of carbonyl (C=O) groups excluding carboxylic acids is 7. The second kappa shape index (κ2) is 52.7. The van der Waals surface area contributed by atoms with Gasteiger partial charge < -0.3 is 39.6 Å². The fraction of sp³-hybridized carbons (Fsp3) is 0.268. The zero-order valence-electron chi connectivity index (χ0n) is 70.4. The number of nitrogens with one attached hydrogen (secondary N) is 2. The Morgan fingerprint density at radius 2 is 0.839 bits per heavy atom. The Labute approximate surface area is 754 Å². The summed E-state index contributed by atoms with van der Waals surface area (Å²) < 4.78 is 58.4. The minimum atomic E-state index is -3.22. The summed E-state index contributed by atoms with van der Waals surface area (Å²) in [6.07, 6.45) is 15.9. The molecule has 0 saturated carbocycles. The van der Waals surface area contributed by atoms with E-state index in [2.05, 4.69) is 164 Å². The van der Waals surface area contributed by atoms with Crippen molar-refractivity contribution in [3.05, 3.63) is 242 Å². The van der Waals surface area contributed by atoms with Crippen molar-refractivity contribution in [3.63, 3.8) is 0 Å². The predicted molar refractivity (Wildman–Crippen MR) is 477 cm³/mol. The number of alkyl halides is 6. The minimum Gasteiger partial charge on any atom is -1.00 e. The van der Waals surface area contributed by atoms with Gasteiger partial charge in [-0.25, -0.2) is 53.2 Å². The molecule has 118 heavy (non-hydrogen) atoms. The number of hydrogen-bond donors (Lipinski definition) is 2. The van der Waals surface area contributed by atoms with E-state index in [1.165, 1.54) is 37.4 Å². The molecule has 0 amide bonds. The van der Waals surface area contributed by atoms with Gasteiger partial charge in [0.25, 0.3) is 3.25 Å². The second-order valence-electron chi connectivity index (χ2n) is 27.0. The Bertz CT molecular complexity index is 5050. The maximum absolute atomic E-state index is 12.0. The zero-order valence-corrected chi connectivity index (χ0v) is 77.2. The monoisotopic (exact) mass is 1820 g/mol. The Balaban J connectivity index is 0.00000135. The number of H-pyrrole nitrogens is 2. The summed E-state index contributed by atoms with van der Waals surface area (Å²) in [4.78, 5) is 105. The first-order chi connectivity index (χ1) is 55.3. The molecular weight excluding hydrogens is 1730 g/mol. The van der Waals surface area contributed by atoms with Crippen molar-refractivity contribution < 1.29 is 99.9 Å². The molecular formula is C82H92BCl8FN10NaO13P2. The Hall–Kier alpha value is -8.23. The topological polar surface area (TPSA) is 294 Å². The van der Waals surface area contributed by atoms with Crippen LogP contribution in [0.25, 0.3) is 55.2 Å². The number of hydrogen-bond acceptors (Lipinski definition) is 18. The van der Waals surface area contributed by atoms with Crippen LogP contribution in [0.4, 0.5) is 23.6 Å². The van der Waals surface area contributed by atoms with E-state index in [1.54, 1.807) is 151 Å². The van der Waals surface area contributed by atoms with Gasteiger partial charge in [0.1, 0.15) is 50.6 Å². The summed E-state index contributed by atoms with van der Waals surface area (Å²) in [5, 5.41) is 5.44. The molecule has 3 radical (unpaired) electrons. The van der Waals surface area contributed by atoms with E-state index >= 15 is 0 Å². The number of fused-ring (bicyclic) bond motifs is 5. The largest absolute Gasteiger partial charge is 1.00 e. The van der Waals surface area contributed by atoms with Gasteiger partial charge in [-0.1, -0.05) is 151 Å². The van der Waals surface area contributed by atoms with Crippen molar-refractivity contribution in [3.8, 4) is 0 Å². The fourth-order valence-corrected chi connectivity index (χ4v) is 11.9. The number of pyridine rings is 5. The number of benzene rings is 3. The number of carbonyl (C=O) groups is 7. The quantitative estimate of drug-likeness (QED) is 0.0285. The number of halogens is 9. The van der Waals surface area contributed by atoms with E-state index in [4.69, 9.17) is 79.7 Å². The van der Waals surface area contributed by atoms with Gasteiger partial charge in [-0.2, -0.15) is 0 Å². The Morgan fingerprint density at radius 3 is 1.19 bits per heavy atom. The third-order valence-electron chi connectivity index (χ3n) is 13.5. The number of ether oxygens (including phenoxy) is 5. The molecule has 0 spiro atoms. The van der Waals surface area contributed by atoms with Crippen LogP contribution in [-0.4, -0.2) is 133 Å². The molecule has 13 aromatic rings. The van der Waals surface area contributed by atoms with Gasteiger partial charge in [0.2, 0.25) is 0 Å². The number of aryl methyl sites for hydroxylation is 1. The molecule has 0 aliphatic heterocycles. The van der Waals surface area contributed by atoms with Crippen molar-refractivity contribution in [2.45, 2.75) is 128 Å². The number of rotatable bonds is 7. The van der Waals surface area contributed by atoms with Gasteiger partial charge in [-0.05, 0) is 213 Å². The molecule has 0 atom stereocenters. The van der Waals surface area contributed by atoms with Crippen LogP contribution in [0, 0.1) is 0 Å². The van der Waals surface area contributed by atoms with E-state index < -0.39 is 70.4 Å². The van der Waals surface area contributed by atoms with E-state index in [0.29, 0.717) is 64.1 Å². The van der Waals surface area contributed by atoms with Crippen molar-refractivity contribution in [2.75, 3.05) is 7.15 Å². The maximum atomic E-state index is 12.0. The molecule has 0 unspecified atom stereocenters. The van der Waals surface area contributed by atoms with Gasteiger partial charge in [-0.3, -0.25) is 23.3 Å². The predicted octanol–water partition coefficient (Wildman–Crippen LogP) is 20.5. The van der Waals surface area contributed by atoms with Crippen molar-refractivity contribution in [1.29, 1.82) is 0 Å². The van der Waals surface area contributed by atoms with Crippen LogP contribution in [0.3, 0.4) is 0 Å². The standard InChI is InChI=1S/C18H15P.2C13H14N2O3.C10H18O5.C9H9ClN2.C8H6N2O.C7H6N2.C2H6.CCl4.CH3F.B.Cl3OP.Na.H/c1-4-10-16(11-5-1)19(17-12-6-2-7-13-17)18-14-8-3-9-15-18;2*1-13(2,3)18-12(17)15-7-9(8-16)10-5-4-6-14-11(10)15;1-9(2,3)14-7(11)13-8(12)15-10(4,5)6;1-12-6-7(5-10)8-3-2-4-11-9(8)12;11-5-6-4-10-8-7(6)2-1-3-9-8;1-2-6-3-5-9-7(6)8-4-1;1-2;2-1(3,4)5;1-2;;1-5(2,3)4;;/h1-15H;2*4-8H,1-3H3;1-6H3;2-4,6H,5H2,1H3;1-5H,(H,9,10);1-5H,(H,8,9);1-2H3;;1H3;;;;/q;;;;;;;;;;;;+1;-1/i;;;;;;;1D;;1D;;;;. The number of nitrogens with zero attached hydrogens (tertiary/aromatic N) is 8. The zero-order chi connectivity index (χ0) is 88.6. The van der Waals surface area contributed by atoms with E-state index in [-0.39, 0.29) is 39.4 Å². The molecule has 10 heterocycles. The Kier molecular flexibility index (Phi) is 46.5. The van der Waals surface area contributed by atoms with Crippen molar-refractivity contribution >= 4 is 228 Å². The summed E-state index contributed by atoms with van der Waals surface area (Å²) in [7, 11) is 0.532. The third kappa shape index (κ3) is 40.7. The molecule has 0 bridgehead atoms. The molecule has 2 N–H and O–H groups in total. The van der Waals surface area contributed by atoms with E-state index in [0.717, 1.165) is 44.9 Å².